The van der Waals surface area contributed by atoms with Crippen LogP contribution in [0, 0.1) is 13.8 Å². The molecule has 164 valence electrons. The zero-order chi connectivity index (χ0) is 22.2. The Labute approximate surface area is 181 Å². The van der Waals surface area contributed by atoms with Gasteiger partial charge in [-0.05, 0) is 68.9 Å². The third-order valence-electron chi connectivity index (χ3n) is 5.60. The average Bonchev–Trinajstić information content (AvgIpc) is 3.16. The monoisotopic (exact) mass is 442 g/mol. The van der Waals surface area contributed by atoms with Crippen molar-refractivity contribution in [2.45, 2.75) is 56.5 Å². The van der Waals surface area contributed by atoms with Crippen LogP contribution in [0.1, 0.15) is 37.1 Å². The predicted octanol–water partition coefficient (Wildman–Crippen LogP) is 2.55. The van der Waals surface area contributed by atoms with E-state index in [1.54, 1.807) is 37.4 Å². The SMILES string of the molecule is Cc1noc(-c2cc(-c3cc(S(=O)(=O)NC4CCC(N)CC4)ccc3C)cnc2N)n1. The van der Waals surface area contributed by atoms with Crippen molar-refractivity contribution < 1.29 is 12.9 Å². The molecule has 0 saturated heterocycles. The summed E-state index contributed by atoms with van der Waals surface area (Å²) < 4.78 is 34.1. The highest BCUT2D eigenvalue weighted by atomic mass is 32.2. The van der Waals surface area contributed by atoms with E-state index in [0.29, 0.717) is 17.0 Å². The van der Waals surface area contributed by atoms with E-state index >= 15 is 0 Å². The highest BCUT2D eigenvalue weighted by Gasteiger charge is 2.25. The number of nitrogens with zero attached hydrogens (tertiary/aromatic N) is 3. The first-order valence-corrected chi connectivity index (χ1v) is 11.7. The number of hydrogen-bond donors (Lipinski definition) is 3. The topological polar surface area (TPSA) is 150 Å². The Kier molecular flexibility index (Phi) is 5.78. The number of nitrogens with one attached hydrogen (secondary N) is 1. The summed E-state index contributed by atoms with van der Waals surface area (Å²) in [4.78, 5) is 8.67. The van der Waals surface area contributed by atoms with Crippen molar-refractivity contribution in [1.82, 2.24) is 19.8 Å². The van der Waals surface area contributed by atoms with Gasteiger partial charge in [0.15, 0.2) is 5.82 Å². The van der Waals surface area contributed by atoms with E-state index in [1.165, 1.54) is 0 Å². The quantitative estimate of drug-likeness (QED) is 0.545. The second-order valence-corrected chi connectivity index (χ2v) is 9.73. The highest BCUT2D eigenvalue weighted by Crippen LogP contribution is 2.32. The van der Waals surface area contributed by atoms with Crippen molar-refractivity contribution in [2.75, 3.05) is 5.73 Å². The number of nitrogens with two attached hydrogens (primary N) is 2. The van der Waals surface area contributed by atoms with Crippen LogP contribution in [0.15, 0.2) is 39.9 Å². The van der Waals surface area contributed by atoms with Crippen LogP contribution in [0.2, 0.25) is 0 Å². The zero-order valence-electron chi connectivity index (χ0n) is 17.5. The first-order valence-electron chi connectivity index (χ1n) is 10.2. The molecule has 4 rings (SSSR count). The van der Waals surface area contributed by atoms with Crippen LogP contribution in [0.5, 0.6) is 0 Å². The lowest BCUT2D eigenvalue weighted by molar-refractivity contribution is 0.373. The number of rotatable bonds is 5. The van der Waals surface area contributed by atoms with Gasteiger partial charge in [0, 0.05) is 23.8 Å². The number of nitrogen functional groups attached to an aromatic ring is 1. The zero-order valence-corrected chi connectivity index (χ0v) is 18.3. The molecule has 2 heterocycles. The predicted molar refractivity (Wildman–Crippen MR) is 117 cm³/mol. The summed E-state index contributed by atoms with van der Waals surface area (Å²) in [6.45, 7) is 3.63. The second-order valence-electron chi connectivity index (χ2n) is 8.01. The first-order chi connectivity index (χ1) is 14.7. The fraction of sp³-hybridized carbons (Fsp3) is 0.381. The van der Waals surface area contributed by atoms with Gasteiger partial charge in [-0.25, -0.2) is 18.1 Å². The molecule has 31 heavy (non-hydrogen) atoms. The minimum atomic E-state index is -3.67. The Bertz CT molecular complexity index is 1200. The lowest BCUT2D eigenvalue weighted by Crippen LogP contribution is -2.40. The van der Waals surface area contributed by atoms with Gasteiger partial charge in [0.2, 0.25) is 10.0 Å². The van der Waals surface area contributed by atoms with Gasteiger partial charge in [-0.3, -0.25) is 0 Å². The van der Waals surface area contributed by atoms with E-state index in [9.17, 15) is 8.42 Å². The third kappa shape index (κ3) is 4.60. The van der Waals surface area contributed by atoms with E-state index in [4.69, 9.17) is 16.0 Å². The smallest absolute Gasteiger partial charge is 0.261 e. The van der Waals surface area contributed by atoms with Crippen LogP contribution in [0.4, 0.5) is 5.82 Å². The Balaban J connectivity index is 1.67. The Morgan fingerprint density at radius 1 is 1.10 bits per heavy atom. The van der Waals surface area contributed by atoms with Crippen molar-refractivity contribution in [3.05, 3.63) is 41.9 Å². The van der Waals surface area contributed by atoms with Crippen molar-refractivity contribution in [3.8, 4) is 22.6 Å². The Morgan fingerprint density at radius 2 is 1.84 bits per heavy atom. The van der Waals surface area contributed by atoms with E-state index in [0.717, 1.165) is 36.8 Å². The standard InChI is InChI=1S/C21H26N6O3S/c1-12-3-8-17(31(28,29)27-16-6-4-15(22)5-7-16)10-18(12)14-9-19(20(23)24-11-14)21-25-13(2)26-30-21/h3,8-11,15-16,27H,4-7,22H2,1-2H3,(H2,23,24). The van der Waals surface area contributed by atoms with Crippen LogP contribution in [0.25, 0.3) is 22.6 Å². The van der Waals surface area contributed by atoms with Gasteiger partial charge in [-0.2, -0.15) is 4.98 Å². The number of aryl methyl sites for hydroxylation is 2. The summed E-state index contributed by atoms with van der Waals surface area (Å²) >= 11 is 0. The van der Waals surface area contributed by atoms with Crippen LogP contribution in [0.3, 0.4) is 0 Å². The summed E-state index contributed by atoms with van der Waals surface area (Å²) in [7, 11) is -3.67. The summed E-state index contributed by atoms with van der Waals surface area (Å²) in [5.41, 5.74) is 14.8. The van der Waals surface area contributed by atoms with Crippen molar-refractivity contribution in [2.24, 2.45) is 5.73 Å². The van der Waals surface area contributed by atoms with Crippen LogP contribution in [-0.2, 0) is 10.0 Å². The molecule has 0 unspecified atom stereocenters. The summed E-state index contributed by atoms with van der Waals surface area (Å²) in [5.74, 6) is 1.01. The first kappa shape index (κ1) is 21.4. The lowest BCUT2D eigenvalue weighted by atomic mass is 9.93. The average molecular weight is 443 g/mol. The fourth-order valence-electron chi connectivity index (χ4n) is 3.80. The van der Waals surface area contributed by atoms with Crippen LogP contribution < -0.4 is 16.2 Å². The van der Waals surface area contributed by atoms with Gasteiger partial charge in [0.25, 0.3) is 5.89 Å². The molecule has 1 saturated carbocycles. The highest BCUT2D eigenvalue weighted by molar-refractivity contribution is 7.89. The molecule has 0 aliphatic heterocycles. The van der Waals surface area contributed by atoms with E-state index in [2.05, 4.69) is 19.8 Å². The molecule has 10 heteroatoms. The lowest BCUT2D eigenvalue weighted by Gasteiger charge is -2.26. The van der Waals surface area contributed by atoms with E-state index in [1.807, 2.05) is 6.92 Å². The number of sulfonamides is 1. The minimum Gasteiger partial charge on any atom is -0.383 e. The van der Waals surface area contributed by atoms with Crippen LogP contribution in [-0.4, -0.2) is 35.6 Å². The maximum Gasteiger partial charge on any atom is 0.261 e. The van der Waals surface area contributed by atoms with Gasteiger partial charge in [-0.15, -0.1) is 0 Å². The Hall–Kier alpha value is -2.82. The molecule has 1 aliphatic carbocycles. The van der Waals surface area contributed by atoms with Gasteiger partial charge in [-0.1, -0.05) is 11.2 Å². The molecule has 5 N–H and O–H groups in total. The molecule has 0 amide bonds. The molecule has 1 aliphatic rings. The van der Waals surface area contributed by atoms with E-state index < -0.39 is 10.0 Å². The van der Waals surface area contributed by atoms with Gasteiger partial charge in [0.1, 0.15) is 5.82 Å². The maximum atomic E-state index is 13.0. The van der Waals surface area contributed by atoms with Gasteiger partial charge >= 0.3 is 0 Å². The van der Waals surface area contributed by atoms with Gasteiger partial charge in [0.05, 0.1) is 10.5 Å². The number of anilines is 1. The summed E-state index contributed by atoms with van der Waals surface area (Å²) in [6.07, 6.45) is 4.74. The molecule has 1 aromatic carbocycles. The molecule has 2 aromatic heterocycles. The largest absolute Gasteiger partial charge is 0.383 e. The molecule has 0 radical (unpaired) electrons. The normalized spacial score (nSPS) is 19.5. The molecule has 1 fully saturated rings. The van der Waals surface area contributed by atoms with Crippen molar-refractivity contribution in [3.63, 3.8) is 0 Å². The number of benzene rings is 1. The number of pyridine rings is 1. The van der Waals surface area contributed by atoms with E-state index in [-0.39, 0.29) is 28.7 Å². The molecule has 0 atom stereocenters. The van der Waals surface area contributed by atoms with Crippen molar-refractivity contribution >= 4 is 15.8 Å². The van der Waals surface area contributed by atoms with Crippen LogP contribution >= 0.6 is 0 Å². The molecular weight excluding hydrogens is 416 g/mol. The summed E-state index contributed by atoms with van der Waals surface area (Å²) in [6, 6.07) is 6.89. The molecule has 0 spiro atoms. The molecular formula is C21H26N6O3S. The maximum absolute atomic E-state index is 13.0. The molecule has 0 bridgehead atoms. The number of hydrogen-bond acceptors (Lipinski definition) is 8. The van der Waals surface area contributed by atoms with Crippen molar-refractivity contribution in [1.29, 1.82) is 0 Å². The van der Waals surface area contributed by atoms with Gasteiger partial charge < -0.3 is 16.0 Å². The minimum absolute atomic E-state index is 0.0971. The molecule has 3 aromatic rings. The molecule has 9 nitrogen and oxygen atoms in total. The Morgan fingerprint density at radius 3 is 2.52 bits per heavy atom. The number of aromatic nitrogens is 3. The fourth-order valence-corrected chi connectivity index (χ4v) is 5.13. The second kappa shape index (κ2) is 8.37. The third-order valence-corrected chi connectivity index (χ3v) is 7.12. The summed E-state index contributed by atoms with van der Waals surface area (Å²) in [5, 5.41) is 3.80.